The van der Waals surface area contributed by atoms with Crippen LogP contribution in [-0.4, -0.2) is 12.7 Å². The lowest BCUT2D eigenvalue weighted by molar-refractivity contribution is -0.1000. The van der Waals surface area contributed by atoms with Crippen molar-refractivity contribution in [3.63, 3.8) is 0 Å². The maximum Gasteiger partial charge on any atom is 0.0885 e. The summed E-state index contributed by atoms with van der Waals surface area (Å²) in [6, 6.07) is 6.58. The molecule has 0 heterocycles. The molecule has 0 spiro atoms. The molecule has 1 atom stereocenters. The van der Waals surface area contributed by atoms with Crippen LogP contribution >= 0.6 is 0 Å². The zero-order valence-electron chi connectivity index (χ0n) is 10.9. The molecule has 0 aromatic heterocycles. The first-order valence-electron chi connectivity index (χ1n) is 6.21. The predicted molar refractivity (Wildman–Crippen MR) is 69.6 cm³/mol. The second-order valence-electron chi connectivity index (χ2n) is 5.08. The third kappa shape index (κ3) is 2.10. The number of rotatable bonds is 4. The van der Waals surface area contributed by atoms with Crippen molar-refractivity contribution in [1.29, 1.82) is 0 Å². The minimum absolute atomic E-state index is 0.0850. The molecule has 1 aromatic rings. The minimum Gasteiger partial charge on any atom is -0.376 e. The van der Waals surface area contributed by atoms with Crippen LogP contribution in [0.5, 0.6) is 0 Å². The molecule has 2 rings (SSSR count). The average Bonchev–Trinajstić information content (AvgIpc) is 2.24. The van der Waals surface area contributed by atoms with Gasteiger partial charge in [0, 0.05) is 7.11 Å². The van der Waals surface area contributed by atoms with E-state index in [9.17, 15) is 0 Å². The van der Waals surface area contributed by atoms with E-state index in [0.717, 1.165) is 12.8 Å². The lowest BCUT2D eigenvalue weighted by atomic mass is 9.71. The fraction of sp³-hybridized carbons (Fsp3) is 0.571. The van der Waals surface area contributed by atoms with Gasteiger partial charge in [0.1, 0.15) is 0 Å². The highest BCUT2D eigenvalue weighted by Crippen LogP contribution is 2.45. The van der Waals surface area contributed by atoms with Crippen LogP contribution in [0.3, 0.4) is 0 Å². The van der Waals surface area contributed by atoms with E-state index in [4.69, 9.17) is 10.6 Å². The highest BCUT2D eigenvalue weighted by Gasteiger charge is 2.45. The second-order valence-corrected chi connectivity index (χ2v) is 5.08. The summed E-state index contributed by atoms with van der Waals surface area (Å²) in [6.07, 6.45) is 3.37. The van der Waals surface area contributed by atoms with E-state index in [1.807, 2.05) is 0 Å². The zero-order chi connectivity index (χ0) is 12.5. The second kappa shape index (κ2) is 4.77. The van der Waals surface area contributed by atoms with Gasteiger partial charge in [-0.1, -0.05) is 23.8 Å². The van der Waals surface area contributed by atoms with Crippen molar-refractivity contribution in [3.05, 3.63) is 34.9 Å². The molecule has 1 aliphatic rings. The number of nitrogens with two attached hydrogens (primary N) is 1. The van der Waals surface area contributed by atoms with Crippen molar-refractivity contribution in [2.75, 3.05) is 7.11 Å². The number of hydrogen-bond acceptors (Lipinski definition) is 3. The van der Waals surface area contributed by atoms with Crippen molar-refractivity contribution in [2.45, 2.75) is 44.8 Å². The quantitative estimate of drug-likeness (QED) is 0.621. The van der Waals surface area contributed by atoms with E-state index in [1.165, 1.54) is 23.1 Å². The van der Waals surface area contributed by atoms with E-state index in [0.29, 0.717) is 0 Å². The molecule has 0 saturated heterocycles. The van der Waals surface area contributed by atoms with E-state index >= 15 is 0 Å². The molecule has 1 aromatic carbocycles. The Morgan fingerprint density at radius 1 is 1.35 bits per heavy atom. The van der Waals surface area contributed by atoms with Gasteiger partial charge in [0.2, 0.25) is 0 Å². The molecule has 3 N–H and O–H groups in total. The normalized spacial score (nSPS) is 19.8. The van der Waals surface area contributed by atoms with Crippen LogP contribution in [-0.2, 0) is 4.74 Å². The summed E-state index contributed by atoms with van der Waals surface area (Å²) in [5.74, 6) is 5.75. The van der Waals surface area contributed by atoms with E-state index in [-0.39, 0.29) is 11.6 Å². The number of hydrazine groups is 1. The first-order valence-corrected chi connectivity index (χ1v) is 6.21. The molecule has 3 heteroatoms. The van der Waals surface area contributed by atoms with Crippen LogP contribution in [0.15, 0.2) is 18.2 Å². The van der Waals surface area contributed by atoms with Crippen LogP contribution in [0.1, 0.15) is 42.0 Å². The van der Waals surface area contributed by atoms with Crippen LogP contribution in [0.25, 0.3) is 0 Å². The SMILES string of the molecule is COC1(C(NN)c2ccc(C)cc2C)CCC1. The molecular weight excluding hydrogens is 212 g/mol. The highest BCUT2D eigenvalue weighted by molar-refractivity contribution is 5.35. The summed E-state index contributed by atoms with van der Waals surface area (Å²) in [4.78, 5) is 0. The average molecular weight is 234 g/mol. The van der Waals surface area contributed by atoms with Gasteiger partial charge in [-0.15, -0.1) is 0 Å². The van der Waals surface area contributed by atoms with Gasteiger partial charge in [0.05, 0.1) is 11.6 Å². The third-order valence-corrected chi connectivity index (χ3v) is 4.04. The molecule has 1 unspecified atom stereocenters. The van der Waals surface area contributed by atoms with Crippen molar-refractivity contribution in [3.8, 4) is 0 Å². The standard InChI is InChI=1S/C14H22N2O/c1-10-5-6-12(11(2)9-10)13(16-15)14(17-3)7-4-8-14/h5-6,9,13,16H,4,7-8,15H2,1-3H3. The predicted octanol–water partition coefficient (Wildman–Crippen LogP) is 2.38. The first kappa shape index (κ1) is 12.6. The molecule has 1 saturated carbocycles. The molecule has 1 aliphatic carbocycles. The van der Waals surface area contributed by atoms with Crippen molar-refractivity contribution in [2.24, 2.45) is 5.84 Å². The van der Waals surface area contributed by atoms with Gasteiger partial charge in [0.25, 0.3) is 0 Å². The van der Waals surface area contributed by atoms with Crippen molar-refractivity contribution in [1.82, 2.24) is 5.43 Å². The smallest absolute Gasteiger partial charge is 0.0885 e. The zero-order valence-corrected chi connectivity index (χ0v) is 10.9. The van der Waals surface area contributed by atoms with E-state index < -0.39 is 0 Å². The number of methoxy groups -OCH3 is 1. The van der Waals surface area contributed by atoms with Gasteiger partial charge >= 0.3 is 0 Å². The number of aryl methyl sites for hydroxylation is 2. The Kier molecular flexibility index (Phi) is 3.52. The molecule has 0 bridgehead atoms. The molecule has 0 amide bonds. The number of hydrogen-bond donors (Lipinski definition) is 2. The summed E-state index contributed by atoms with van der Waals surface area (Å²) in [6.45, 7) is 4.24. The topological polar surface area (TPSA) is 47.3 Å². The molecular formula is C14H22N2O. The van der Waals surface area contributed by atoms with Crippen LogP contribution in [0.4, 0.5) is 0 Å². The van der Waals surface area contributed by atoms with Gasteiger partial charge in [-0.2, -0.15) is 0 Å². The van der Waals surface area contributed by atoms with Crippen LogP contribution in [0.2, 0.25) is 0 Å². The van der Waals surface area contributed by atoms with Gasteiger partial charge in [-0.25, -0.2) is 0 Å². The Morgan fingerprint density at radius 3 is 2.47 bits per heavy atom. The Labute approximate surface area is 103 Å². The lowest BCUT2D eigenvalue weighted by Gasteiger charge is -2.46. The third-order valence-electron chi connectivity index (χ3n) is 4.04. The number of benzene rings is 1. The van der Waals surface area contributed by atoms with E-state index in [2.05, 4.69) is 37.5 Å². The molecule has 94 valence electrons. The summed E-state index contributed by atoms with van der Waals surface area (Å²) in [5.41, 5.74) is 6.63. The lowest BCUT2D eigenvalue weighted by Crippen LogP contribution is -2.52. The van der Waals surface area contributed by atoms with Gasteiger partial charge in [-0.05, 0) is 44.2 Å². The maximum absolute atomic E-state index is 5.75. The van der Waals surface area contributed by atoms with E-state index in [1.54, 1.807) is 7.11 Å². The Morgan fingerprint density at radius 2 is 2.06 bits per heavy atom. The molecule has 0 radical (unpaired) electrons. The fourth-order valence-corrected chi connectivity index (χ4v) is 2.81. The summed E-state index contributed by atoms with van der Waals surface area (Å²) in [7, 11) is 1.78. The largest absolute Gasteiger partial charge is 0.376 e. The van der Waals surface area contributed by atoms with Crippen LogP contribution < -0.4 is 11.3 Å². The fourth-order valence-electron chi connectivity index (χ4n) is 2.81. The Balaban J connectivity index is 2.35. The molecule has 0 aliphatic heterocycles. The summed E-state index contributed by atoms with van der Waals surface area (Å²) >= 11 is 0. The van der Waals surface area contributed by atoms with Crippen molar-refractivity contribution >= 4 is 0 Å². The first-order chi connectivity index (χ1) is 8.13. The molecule has 17 heavy (non-hydrogen) atoms. The van der Waals surface area contributed by atoms with Gasteiger partial charge in [-0.3, -0.25) is 11.3 Å². The van der Waals surface area contributed by atoms with Crippen molar-refractivity contribution < 1.29 is 4.74 Å². The Hall–Kier alpha value is -0.900. The molecule has 3 nitrogen and oxygen atoms in total. The summed E-state index contributed by atoms with van der Waals surface area (Å²) in [5, 5.41) is 0. The van der Waals surface area contributed by atoms with Gasteiger partial charge in [0.15, 0.2) is 0 Å². The Bertz CT molecular complexity index is 394. The molecule has 1 fully saturated rings. The number of ether oxygens (including phenoxy) is 1. The number of nitrogens with one attached hydrogen (secondary N) is 1. The summed E-state index contributed by atoms with van der Waals surface area (Å²) < 4.78 is 5.72. The van der Waals surface area contributed by atoms with Gasteiger partial charge < -0.3 is 4.74 Å². The highest BCUT2D eigenvalue weighted by atomic mass is 16.5. The maximum atomic E-state index is 5.75. The van der Waals surface area contributed by atoms with Crippen LogP contribution in [0, 0.1) is 13.8 Å². The monoisotopic (exact) mass is 234 g/mol. The minimum atomic E-state index is -0.116.